The third-order valence-electron chi connectivity index (χ3n) is 4.85. The Balaban J connectivity index is 1.79. The van der Waals surface area contributed by atoms with E-state index in [4.69, 9.17) is 4.74 Å². The van der Waals surface area contributed by atoms with E-state index in [1.165, 1.54) is 18.4 Å². The first kappa shape index (κ1) is 14.1. The monoisotopic (exact) mass is 274 g/mol. The lowest BCUT2D eigenvalue weighted by Crippen LogP contribution is -2.32. The van der Waals surface area contributed by atoms with Crippen molar-refractivity contribution in [3.63, 3.8) is 0 Å². The highest BCUT2D eigenvalue weighted by atomic mass is 16.5. The number of rotatable bonds is 3. The topological polar surface area (TPSA) is 29.5 Å². The van der Waals surface area contributed by atoms with Gasteiger partial charge in [0, 0.05) is 5.92 Å². The molecule has 1 aliphatic carbocycles. The third kappa shape index (κ3) is 2.64. The molecule has 1 aromatic rings. The van der Waals surface area contributed by atoms with Crippen LogP contribution < -0.4 is 0 Å². The van der Waals surface area contributed by atoms with Crippen molar-refractivity contribution in [2.75, 3.05) is 0 Å². The van der Waals surface area contributed by atoms with Crippen molar-refractivity contribution < 1.29 is 9.84 Å². The van der Waals surface area contributed by atoms with E-state index in [2.05, 4.69) is 52.0 Å². The van der Waals surface area contributed by atoms with E-state index < -0.39 is 6.10 Å². The van der Waals surface area contributed by atoms with Gasteiger partial charge in [-0.25, -0.2) is 0 Å². The molecule has 0 spiro atoms. The number of aliphatic hydroxyl groups excluding tert-OH is 1. The molecule has 0 aromatic heterocycles. The second-order valence-electron chi connectivity index (χ2n) is 7.66. The highest BCUT2D eigenvalue weighted by Crippen LogP contribution is 2.48. The molecule has 2 fully saturated rings. The summed E-state index contributed by atoms with van der Waals surface area (Å²) in [5.74, 6) is 0.913. The minimum absolute atomic E-state index is 0.143. The van der Waals surface area contributed by atoms with Crippen LogP contribution >= 0.6 is 0 Å². The largest absolute Gasteiger partial charge is 0.388 e. The predicted octanol–water partition coefficient (Wildman–Crippen LogP) is 4.19. The fourth-order valence-corrected chi connectivity index (χ4v) is 3.71. The number of hydrogen-bond acceptors (Lipinski definition) is 2. The number of ether oxygens (including phenoxy) is 1. The zero-order valence-electron chi connectivity index (χ0n) is 13.0. The van der Waals surface area contributed by atoms with Gasteiger partial charge in [0.2, 0.25) is 0 Å². The van der Waals surface area contributed by atoms with Gasteiger partial charge >= 0.3 is 0 Å². The maximum Gasteiger partial charge on any atom is 0.0846 e. The van der Waals surface area contributed by atoms with Crippen molar-refractivity contribution in [3.8, 4) is 0 Å². The molecular formula is C18H26O2. The van der Waals surface area contributed by atoms with Gasteiger partial charge in [-0.05, 0) is 64.0 Å². The van der Waals surface area contributed by atoms with Crippen LogP contribution in [-0.2, 0) is 4.74 Å². The van der Waals surface area contributed by atoms with Gasteiger partial charge in [-0.2, -0.15) is 0 Å². The standard InChI is InChI=1S/C18H26O2/c1-17(2)11-15(18(3,4)20-17)16(19)14-9-7-13(8-10-14)12-5-6-12/h7-10,12,15-16,19H,5-6,11H2,1-4H3. The van der Waals surface area contributed by atoms with Crippen molar-refractivity contribution in [1.82, 2.24) is 0 Å². The average Bonchev–Trinajstić information content (AvgIpc) is 3.15. The van der Waals surface area contributed by atoms with Crippen molar-refractivity contribution >= 4 is 0 Å². The zero-order chi connectivity index (χ0) is 14.5. The fraction of sp³-hybridized carbons (Fsp3) is 0.667. The molecule has 1 N–H and O–H groups in total. The summed E-state index contributed by atoms with van der Waals surface area (Å²) in [6.45, 7) is 8.40. The van der Waals surface area contributed by atoms with E-state index in [1.807, 2.05) is 0 Å². The smallest absolute Gasteiger partial charge is 0.0846 e. The summed E-state index contributed by atoms with van der Waals surface area (Å²) in [6.07, 6.45) is 3.09. The molecule has 2 heteroatoms. The van der Waals surface area contributed by atoms with E-state index in [0.717, 1.165) is 17.9 Å². The van der Waals surface area contributed by atoms with Crippen LogP contribution in [0.5, 0.6) is 0 Å². The molecule has 1 aliphatic heterocycles. The molecule has 2 aliphatic rings. The molecule has 1 heterocycles. The Kier molecular flexibility index (Phi) is 3.22. The van der Waals surface area contributed by atoms with Crippen LogP contribution in [0.4, 0.5) is 0 Å². The Labute approximate surface area is 122 Å². The molecular weight excluding hydrogens is 248 g/mol. The Morgan fingerprint density at radius 3 is 2.15 bits per heavy atom. The third-order valence-corrected chi connectivity index (χ3v) is 4.85. The molecule has 2 atom stereocenters. The number of hydrogen-bond donors (Lipinski definition) is 1. The minimum atomic E-state index is -0.444. The molecule has 0 radical (unpaired) electrons. The molecule has 110 valence electrons. The molecule has 0 amide bonds. The Hall–Kier alpha value is -0.860. The fourth-order valence-electron chi connectivity index (χ4n) is 3.71. The Morgan fingerprint density at radius 1 is 1.10 bits per heavy atom. The minimum Gasteiger partial charge on any atom is -0.388 e. The van der Waals surface area contributed by atoms with Gasteiger partial charge < -0.3 is 9.84 Å². The molecule has 0 bridgehead atoms. The second-order valence-corrected chi connectivity index (χ2v) is 7.66. The van der Waals surface area contributed by atoms with E-state index in [1.54, 1.807) is 0 Å². The summed E-state index contributed by atoms with van der Waals surface area (Å²) in [5.41, 5.74) is 2.01. The van der Waals surface area contributed by atoms with Gasteiger partial charge in [-0.1, -0.05) is 24.3 Å². The lowest BCUT2D eigenvalue weighted by atomic mass is 9.80. The maximum absolute atomic E-state index is 10.8. The summed E-state index contributed by atoms with van der Waals surface area (Å²) >= 11 is 0. The average molecular weight is 274 g/mol. The normalized spacial score (nSPS) is 29.4. The van der Waals surface area contributed by atoms with Gasteiger partial charge in [0.25, 0.3) is 0 Å². The molecule has 2 nitrogen and oxygen atoms in total. The van der Waals surface area contributed by atoms with E-state index in [9.17, 15) is 5.11 Å². The first-order valence-electron chi connectivity index (χ1n) is 7.77. The first-order valence-corrected chi connectivity index (χ1v) is 7.77. The number of aliphatic hydroxyl groups is 1. The Bertz CT molecular complexity index is 483. The van der Waals surface area contributed by atoms with Crippen molar-refractivity contribution in [1.29, 1.82) is 0 Å². The quantitative estimate of drug-likeness (QED) is 0.895. The highest BCUT2D eigenvalue weighted by Gasteiger charge is 2.49. The maximum atomic E-state index is 10.8. The van der Waals surface area contributed by atoms with Crippen molar-refractivity contribution in [3.05, 3.63) is 35.4 Å². The van der Waals surface area contributed by atoms with Crippen LogP contribution in [0.1, 0.15) is 70.1 Å². The molecule has 2 unspecified atom stereocenters. The summed E-state index contributed by atoms with van der Waals surface area (Å²) in [5, 5.41) is 10.8. The van der Waals surface area contributed by atoms with Crippen LogP contribution in [0.3, 0.4) is 0 Å². The van der Waals surface area contributed by atoms with E-state index in [0.29, 0.717) is 0 Å². The van der Waals surface area contributed by atoms with E-state index >= 15 is 0 Å². The lowest BCUT2D eigenvalue weighted by molar-refractivity contribution is -0.0880. The van der Waals surface area contributed by atoms with E-state index in [-0.39, 0.29) is 17.1 Å². The van der Waals surface area contributed by atoms with Gasteiger partial charge in [-0.3, -0.25) is 0 Å². The second kappa shape index (κ2) is 4.57. The first-order chi connectivity index (χ1) is 9.28. The number of benzene rings is 1. The lowest BCUT2D eigenvalue weighted by Gasteiger charge is -2.30. The Morgan fingerprint density at radius 2 is 1.70 bits per heavy atom. The van der Waals surface area contributed by atoms with Crippen molar-refractivity contribution in [2.45, 2.75) is 70.2 Å². The van der Waals surface area contributed by atoms with Crippen LogP contribution in [-0.4, -0.2) is 16.3 Å². The molecule has 20 heavy (non-hydrogen) atoms. The van der Waals surface area contributed by atoms with Crippen LogP contribution in [0.25, 0.3) is 0 Å². The predicted molar refractivity (Wildman–Crippen MR) is 80.7 cm³/mol. The SMILES string of the molecule is CC1(C)CC(C(O)c2ccc(C3CC3)cc2)C(C)(C)O1. The van der Waals surface area contributed by atoms with Gasteiger partial charge in [-0.15, -0.1) is 0 Å². The molecule has 1 saturated carbocycles. The van der Waals surface area contributed by atoms with Crippen LogP contribution in [0.2, 0.25) is 0 Å². The summed E-state index contributed by atoms with van der Waals surface area (Å²) in [6, 6.07) is 8.56. The van der Waals surface area contributed by atoms with Gasteiger partial charge in [0.05, 0.1) is 17.3 Å². The summed E-state index contributed by atoms with van der Waals surface area (Å²) in [7, 11) is 0. The zero-order valence-corrected chi connectivity index (χ0v) is 13.0. The van der Waals surface area contributed by atoms with Gasteiger partial charge in [0.1, 0.15) is 0 Å². The van der Waals surface area contributed by atoms with Crippen LogP contribution in [0.15, 0.2) is 24.3 Å². The highest BCUT2D eigenvalue weighted by molar-refractivity contribution is 5.30. The molecule has 1 aromatic carbocycles. The van der Waals surface area contributed by atoms with Crippen LogP contribution in [0, 0.1) is 5.92 Å². The summed E-state index contributed by atoms with van der Waals surface area (Å²) in [4.78, 5) is 0. The molecule has 1 saturated heterocycles. The van der Waals surface area contributed by atoms with Gasteiger partial charge in [0.15, 0.2) is 0 Å². The van der Waals surface area contributed by atoms with Crippen molar-refractivity contribution in [2.24, 2.45) is 5.92 Å². The molecule has 3 rings (SSSR count). The summed E-state index contributed by atoms with van der Waals surface area (Å²) < 4.78 is 6.10.